The van der Waals surface area contributed by atoms with E-state index in [1.165, 1.54) is 11.8 Å². The van der Waals surface area contributed by atoms with E-state index >= 15 is 0 Å². The van der Waals surface area contributed by atoms with Gasteiger partial charge in [-0.1, -0.05) is 90.6 Å². The molecule has 0 fully saturated rings. The van der Waals surface area contributed by atoms with Gasteiger partial charge >= 0.3 is 0 Å². The predicted octanol–water partition coefficient (Wildman–Crippen LogP) is 4.36. The van der Waals surface area contributed by atoms with Crippen LogP contribution in [0.15, 0.2) is 89.3 Å². The first-order valence-corrected chi connectivity index (χ1v) is 10.00. The fourth-order valence-corrected chi connectivity index (χ4v) is 5.12. The number of hydrogen-bond acceptors (Lipinski definition) is 4. The van der Waals surface area contributed by atoms with Gasteiger partial charge in [-0.3, -0.25) is 9.80 Å². The molecule has 0 bridgehead atoms. The Morgan fingerprint density at radius 3 is 2.11 bits per heavy atom. The van der Waals surface area contributed by atoms with Crippen LogP contribution in [0, 0.1) is 0 Å². The lowest BCUT2D eigenvalue weighted by atomic mass is 9.86. The number of amidine groups is 1. The summed E-state index contributed by atoms with van der Waals surface area (Å²) in [4.78, 5) is 17.9. The summed E-state index contributed by atoms with van der Waals surface area (Å²) in [6, 6.07) is 26.3. The van der Waals surface area contributed by atoms with Gasteiger partial charge in [0.1, 0.15) is 0 Å². The Labute approximate surface area is 166 Å². The van der Waals surface area contributed by atoms with Gasteiger partial charge in [0, 0.05) is 11.0 Å². The van der Waals surface area contributed by atoms with E-state index < -0.39 is 5.54 Å². The maximum absolute atomic E-state index is 13.4. The zero-order chi connectivity index (χ0) is 18.7. The third kappa shape index (κ3) is 1.95. The largest absolute Gasteiger partial charge is 0.279 e. The lowest BCUT2D eigenvalue weighted by Gasteiger charge is -2.39. The second kappa shape index (κ2) is 5.67. The number of hydrazine groups is 1. The third-order valence-electron chi connectivity index (χ3n) is 5.53. The van der Waals surface area contributed by atoms with E-state index in [1.807, 2.05) is 65.0 Å². The molecule has 2 heterocycles. The molecule has 2 aliphatic heterocycles. The van der Waals surface area contributed by atoms with Gasteiger partial charge in [0.2, 0.25) is 0 Å². The topological polar surface area (TPSA) is 44.7 Å². The van der Waals surface area contributed by atoms with Crippen LogP contribution >= 0.6 is 11.8 Å². The molecule has 0 atom stereocenters. The lowest BCUT2D eigenvalue weighted by molar-refractivity contribution is -0.124. The summed E-state index contributed by atoms with van der Waals surface area (Å²) in [6.07, 6.45) is 0. The molecule has 3 aromatic carbocycles. The van der Waals surface area contributed by atoms with Crippen LogP contribution < -0.4 is 5.43 Å². The number of fused-ring (bicyclic) bond motifs is 6. The van der Waals surface area contributed by atoms with Crippen LogP contribution in [-0.2, 0) is 10.3 Å². The Morgan fingerprint density at radius 1 is 0.821 bits per heavy atom. The number of hydrogen-bond donors (Lipinski definition) is 1. The molecule has 5 heteroatoms. The van der Waals surface area contributed by atoms with E-state index in [1.54, 1.807) is 0 Å². The highest BCUT2D eigenvalue weighted by Crippen LogP contribution is 2.50. The Balaban J connectivity index is 1.56. The van der Waals surface area contributed by atoms with Crippen LogP contribution in [0.5, 0.6) is 0 Å². The quantitative estimate of drug-likeness (QED) is 0.680. The van der Waals surface area contributed by atoms with Gasteiger partial charge in [0.05, 0.1) is 5.70 Å². The van der Waals surface area contributed by atoms with E-state index in [-0.39, 0.29) is 5.91 Å². The van der Waals surface area contributed by atoms with Crippen LogP contribution in [0.1, 0.15) is 16.7 Å². The molecule has 1 amide bonds. The molecular weight excluding hydrogens is 366 g/mol. The maximum atomic E-state index is 13.4. The van der Waals surface area contributed by atoms with E-state index in [4.69, 9.17) is 0 Å². The Bertz CT molecular complexity index is 1150. The number of rotatable bonds is 1. The van der Waals surface area contributed by atoms with Crippen LogP contribution in [0.2, 0.25) is 0 Å². The first kappa shape index (κ1) is 15.9. The molecule has 3 aliphatic rings. The third-order valence-corrected chi connectivity index (χ3v) is 6.35. The second-order valence-corrected chi connectivity index (χ2v) is 7.81. The second-order valence-electron chi connectivity index (χ2n) is 6.97. The van der Waals surface area contributed by atoms with E-state index in [0.29, 0.717) is 5.17 Å². The average molecular weight is 381 g/mol. The van der Waals surface area contributed by atoms with Gasteiger partial charge in [0.25, 0.3) is 5.91 Å². The molecule has 134 valence electrons. The molecule has 1 N–H and O–H groups in total. The predicted molar refractivity (Wildman–Crippen MR) is 112 cm³/mol. The van der Waals surface area contributed by atoms with Crippen molar-refractivity contribution in [2.45, 2.75) is 5.54 Å². The molecule has 0 saturated carbocycles. The van der Waals surface area contributed by atoms with E-state index in [2.05, 4.69) is 34.7 Å². The average Bonchev–Trinajstić information content (AvgIpc) is 3.28. The zero-order valence-electron chi connectivity index (χ0n) is 14.8. The minimum Gasteiger partial charge on any atom is -0.269 e. The van der Waals surface area contributed by atoms with Crippen LogP contribution in [-0.4, -0.2) is 16.1 Å². The molecule has 1 aliphatic carbocycles. The van der Waals surface area contributed by atoms with Crippen molar-refractivity contribution < 1.29 is 4.79 Å². The van der Waals surface area contributed by atoms with Crippen molar-refractivity contribution in [2.24, 2.45) is 4.99 Å². The summed E-state index contributed by atoms with van der Waals surface area (Å²) in [7, 11) is 0. The van der Waals surface area contributed by atoms with Gasteiger partial charge in [-0.05, 0) is 22.3 Å². The number of nitrogens with zero attached hydrogens (tertiary/aromatic N) is 2. The molecule has 6 rings (SSSR count). The number of benzene rings is 3. The minimum absolute atomic E-state index is 0.175. The Morgan fingerprint density at radius 2 is 1.43 bits per heavy atom. The van der Waals surface area contributed by atoms with Crippen LogP contribution in [0.3, 0.4) is 0 Å². The van der Waals surface area contributed by atoms with Crippen molar-refractivity contribution >= 4 is 28.5 Å². The van der Waals surface area contributed by atoms with Crippen molar-refractivity contribution in [1.29, 1.82) is 0 Å². The molecule has 28 heavy (non-hydrogen) atoms. The van der Waals surface area contributed by atoms with Crippen LogP contribution in [0.4, 0.5) is 0 Å². The van der Waals surface area contributed by atoms with Crippen molar-refractivity contribution in [3.8, 4) is 11.1 Å². The molecule has 0 unspecified atom stereocenters. The summed E-state index contributed by atoms with van der Waals surface area (Å²) in [6.45, 7) is 0. The molecule has 0 radical (unpaired) electrons. The SMILES string of the molecule is O=C1N=C2SC=C(c3ccccc3)N2NC12c1ccccc1-c1ccccc12. The van der Waals surface area contributed by atoms with Gasteiger partial charge in [-0.15, -0.1) is 0 Å². The molecule has 4 nitrogen and oxygen atoms in total. The monoisotopic (exact) mass is 381 g/mol. The molecule has 0 saturated heterocycles. The summed E-state index contributed by atoms with van der Waals surface area (Å²) < 4.78 is 0. The highest BCUT2D eigenvalue weighted by molar-refractivity contribution is 8.16. The van der Waals surface area contributed by atoms with Gasteiger partial charge in [-0.25, -0.2) is 5.43 Å². The summed E-state index contributed by atoms with van der Waals surface area (Å²) in [5, 5.41) is 4.66. The zero-order valence-corrected chi connectivity index (χ0v) is 15.6. The lowest BCUT2D eigenvalue weighted by Crippen LogP contribution is -2.59. The molecule has 1 spiro atoms. The highest BCUT2D eigenvalue weighted by atomic mass is 32.2. The van der Waals surface area contributed by atoms with E-state index in [9.17, 15) is 4.79 Å². The molecule has 0 aromatic heterocycles. The first-order valence-electron chi connectivity index (χ1n) is 9.12. The number of carbonyl (C=O) groups excluding carboxylic acids is 1. The van der Waals surface area contributed by atoms with Gasteiger partial charge in [-0.2, -0.15) is 4.99 Å². The van der Waals surface area contributed by atoms with E-state index in [0.717, 1.165) is 33.5 Å². The summed E-state index contributed by atoms with van der Waals surface area (Å²) in [5.74, 6) is -0.175. The van der Waals surface area contributed by atoms with Gasteiger partial charge in [0.15, 0.2) is 10.7 Å². The van der Waals surface area contributed by atoms with Crippen molar-refractivity contribution in [3.05, 3.63) is 101 Å². The number of nitrogens with one attached hydrogen (secondary N) is 1. The fourth-order valence-electron chi connectivity index (χ4n) is 4.28. The number of carbonyl (C=O) groups is 1. The van der Waals surface area contributed by atoms with Gasteiger partial charge < -0.3 is 0 Å². The summed E-state index contributed by atoms with van der Waals surface area (Å²) >= 11 is 1.47. The normalized spacial score (nSPS) is 18.4. The maximum Gasteiger partial charge on any atom is 0.279 e. The Hall–Kier alpha value is -3.15. The Kier molecular flexibility index (Phi) is 3.21. The molecular formula is C23H15N3OS. The standard InChI is InChI=1S/C23H15N3OS/c27-21-23(18-12-6-4-10-16(18)17-11-5-7-13-19(17)23)25-26-20(14-28-22(26)24-21)15-8-2-1-3-9-15/h1-14,25H. The van der Waals surface area contributed by atoms with Crippen molar-refractivity contribution in [2.75, 3.05) is 0 Å². The first-order chi connectivity index (χ1) is 13.8. The van der Waals surface area contributed by atoms with Crippen LogP contribution in [0.25, 0.3) is 16.8 Å². The van der Waals surface area contributed by atoms with Crippen molar-refractivity contribution in [3.63, 3.8) is 0 Å². The fraction of sp³-hybridized carbons (Fsp3) is 0.0435. The number of aliphatic imine (C=N–C) groups is 1. The number of amides is 1. The highest BCUT2D eigenvalue weighted by Gasteiger charge is 2.54. The minimum atomic E-state index is -1.00. The summed E-state index contributed by atoms with van der Waals surface area (Å²) in [5.41, 5.74) is 8.70. The molecule has 3 aromatic rings. The number of thioether (sulfide) groups is 1. The van der Waals surface area contributed by atoms with Crippen molar-refractivity contribution in [1.82, 2.24) is 10.4 Å². The smallest absolute Gasteiger partial charge is 0.269 e.